The molecule has 1 radical (unpaired) electrons. The van der Waals surface area contributed by atoms with Gasteiger partial charge in [0, 0.05) is 19.2 Å². The third-order valence-corrected chi connectivity index (χ3v) is 2.63. The van der Waals surface area contributed by atoms with Crippen LogP contribution in [0.2, 0.25) is 0 Å². The average molecular weight is 169 g/mol. The molecule has 0 unspecified atom stereocenters. The molecule has 1 heterocycles. The lowest BCUT2D eigenvalue weighted by atomic mass is 9.98. The molecule has 0 aromatic heterocycles. The molecule has 3 heteroatoms. The lowest BCUT2D eigenvalue weighted by Gasteiger charge is -2.30. The Morgan fingerprint density at radius 3 is 2.00 bits per heavy atom. The van der Waals surface area contributed by atoms with Crippen molar-refractivity contribution in [3.8, 4) is 0 Å². The maximum Gasteiger partial charge on any atom is 0.0819 e. The maximum absolute atomic E-state index is 11.8. The van der Waals surface area contributed by atoms with Crippen molar-refractivity contribution in [3.63, 3.8) is 0 Å². The van der Waals surface area contributed by atoms with Crippen LogP contribution in [0.3, 0.4) is 0 Å². The summed E-state index contributed by atoms with van der Waals surface area (Å²) in [5.74, 6) is 0. The molecular weight excluding hydrogens is 152 g/mol. The molecule has 0 amide bonds. The highest BCUT2D eigenvalue weighted by atomic mass is 16.5. The van der Waals surface area contributed by atoms with Crippen LogP contribution in [0.15, 0.2) is 4.99 Å². The zero-order chi connectivity index (χ0) is 9.57. The Balaban J connectivity index is 3.05. The van der Waals surface area contributed by atoms with E-state index in [1.807, 2.05) is 27.7 Å². The van der Waals surface area contributed by atoms with Crippen LogP contribution >= 0.6 is 0 Å². The minimum absolute atomic E-state index is 0.293. The Bertz CT molecular complexity index is 219. The summed E-state index contributed by atoms with van der Waals surface area (Å²) in [7, 11) is 1.76. The number of hydrogen-bond donors (Lipinski definition) is 0. The first-order valence-corrected chi connectivity index (χ1v) is 4.26. The minimum atomic E-state index is -0.418. The molecule has 0 aromatic carbocycles. The van der Waals surface area contributed by atoms with Crippen molar-refractivity contribution >= 4 is 5.71 Å². The van der Waals surface area contributed by atoms with E-state index in [0.717, 1.165) is 17.2 Å². The van der Waals surface area contributed by atoms with Crippen LogP contribution in [-0.2, 0) is 5.21 Å². The van der Waals surface area contributed by atoms with Gasteiger partial charge in [-0.25, -0.2) is 0 Å². The second-order valence-corrected chi connectivity index (χ2v) is 4.51. The zero-order valence-electron chi connectivity index (χ0n) is 8.51. The predicted octanol–water partition coefficient (Wildman–Crippen LogP) is 1.67. The summed E-state index contributed by atoms with van der Waals surface area (Å²) in [6.07, 6.45) is 0.778. The fourth-order valence-corrected chi connectivity index (χ4v) is 1.92. The lowest BCUT2D eigenvalue weighted by molar-refractivity contribution is -0.237. The Hall–Kier alpha value is -0.410. The average Bonchev–Trinajstić information content (AvgIpc) is 2.11. The molecule has 0 atom stereocenters. The van der Waals surface area contributed by atoms with Gasteiger partial charge in [-0.1, -0.05) is 0 Å². The molecule has 0 spiro atoms. The molecule has 1 rings (SSSR count). The summed E-state index contributed by atoms with van der Waals surface area (Å²) in [6, 6.07) is 0. The molecule has 1 aliphatic rings. The van der Waals surface area contributed by atoms with Gasteiger partial charge < -0.3 is 0 Å². The summed E-state index contributed by atoms with van der Waals surface area (Å²) in [4.78, 5) is 4.16. The second-order valence-electron chi connectivity index (χ2n) is 4.51. The summed E-state index contributed by atoms with van der Waals surface area (Å²) in [5.41, 5.74) is 0.291. The summed E-state index contributed by atoms with van der Waals surface area (Å²) >= 11 is 0. The van der Waals surface area contributed by atoms with Gasteiger partial charge in [0.25, 0.3) is 0 Å². The third-order valence-electron chi connectivity index (χ3n) is 2.63. The first-order valence-electron chi connectivity index (χ1n) is 4.26. The van der Waals surface area contributed by atoms with Crippen molar-refractivity contribution in [2.45, 2.75) is 45.2 Å². The standard InChI is InChI=1S/C9H17N2O/c1-8(2)6-7(10-5)9(3,4)11(8)12/h6H2,1-5H3. The lowest BCUT2D eigenvalue weighted by Crippen LogP contribution is -2.46. The molecule has 0 aromatic rings. The van der Waals surface area contributed by atoms with Gasteiger partial charge in [0.15, 0.2) is 0 Å². The largest absolute Gasteiger partial charge is 0.295 e. The Labute approximate surface area is 74.1 Å². The van der Waals surface area contributed by atoms with E-state index in [2.05, 4.69) is 4.99 Å². The molecule has 12 heavy (non-hydrogen) atoms. The molecular formula is C9H17N2O. The number of aliphatic imine (C=N–C) groups is 1. The van der Waals surface area contributed by atoms with E-state index in [0.29, 0.717) is 0 Å². The van der Waals surface area contributed by atoms with E-state index in [4.69, 9.17) is 0 Å². The van der Waals surface area contributed by atoms with Crippen LogP contribution in [0.4, 0.5) is 0 Å². The number of hydrogen-bond acceptors (Lipinski definition) is 2. The quantitative estimate of drug-likeness (QED) is 0.543. The van der Waals surface area contributed by atoms with Crippen LogP contribution in [0.25, 0.3) is 0 Å². The second kappa shape index (κ2) is 2.54. The monoisotopic (exact) mass is 169 g/mol. The number of nitrogens with zero attached hydrogens (tertiary/aromatic N) is 2. The molecule has 1 fully saturated rings. The third kappa shape index (κ3) is 1.17. The van der Waals surface area contributed by atoms with Gasteiger partial charge in [-0.3, -0.25) is 4.99 Å². The van der Waals surface area contributed by atoms with Gasteiger partial charge in [0.05, 0.1) is 11.1 Å². The minimum Gasteiger partial charge on any atom is -0.295 e. The number of hydroxylamine groups is 2. The van der Waals surface area contributed by atoms with Gasteiger partial charge in [-0.2, -0.15) is 0 Å². The molecule has 0 N–H and O–H groups in total. The molecule has 1 aliphatic heterocycles. The van der Waals surface area contributed by atoms with Gasteiger partial charge in [-0.05, 0) is 27.7 Å². The zero-order valence-corrected chi connectivity index (χ0v) is 8.51. The highest BCUT2D eigenvalue weighted by Gasteiger charge is 2.49. The normalized spacial score (nSPS) is 31.3. The van der Waals surface area contributed by atoms with E-state index in [1.54, 1.807) is 7.05 Å². The van der Waals surface area contributed by atoms with Gasteiger partial charge in [0.1, 0.15) is 0 Å². The van der Waals surface area contributed by atoms with E-state index < -0.39 is 5.54 Å². The van der Waals surface area contributed by atoms with E-state index in [-0.39, 0.29) is 5.54 Å². The van der Waals surface area contributed by atoms with Crippen molar-refractivity contribution in [1.82, 2.24) is 5.06 Å². The smallest absolute Gasteiger partial charge is 0.0819 e. The maximum atomic E-state index is 11.8. The highest BCUT2D eigenvalue weighted by Crippen LogP contribution is 2.36. The fraction of sp³-hybridized carbons (Fsp3) is 0.889. The molecule has 3 nitrogen and oxygen atoms in total. The van der Waals surface area contributed by atoms with E-state index in [9.17, 15) is 5.21 Å². The summed E-state index contributed by atoms with van der Waals surface area (Å²) in [5, 5.41) is 12.9. The molecule has 1 saturated heterocycles. The van der Waals surface area contributed by atoms with Crippen molar-refractivity contribution in [2.75, 3.05) is 7.05 Å². The topological polar surface area (TPSA) is 35.5 Å². The first kappa shape index (κ1) is 9.68. The van der Waals surface area contributed by atoms with Crippen molar-refractivity contribution < 1.29 is 5.21 Å². The molecule has 0 aliphatic carbocycles. The van der Waals surface area contributed by atoms with E-state index >= 15 is 0 Å². The molecule has 69 valence electrons. The predicted molar refractivity (Wildman–Crippen MR) is 48.7 cm³/mol. The van der Waals surface area contributed by atoms with Crippen LogP contribution in [-0.4, -0.2) is 28.9 Å². The highest BCUT2D eigenvalue weighted by molar-refractivity contribution is 5.95. The Kier molecular flexibility index (Phi) is 2.05. The van der Waals surface area contributed by atoms with E-state index in [1.165, 1.54) is 0 Å². The summed E-state index contributed by atoms with van der Waals surface area (Å²) in [6.45, 7) is 7.77. The Morgan fingerprint density at radius 1 is 1.33 bits per heavy atom. The van der Waals surface area contributed by atoms with Gasteiger partial charge in [-0.15, -0.1) is 10.3 Å². The van der Waals surface area contributed by atoms with Crippen LogP contribution < -0.4 is 0 Å². The van der Waals surface area contributed by atoms with Gasteiger partial charge in [0.2, 0.25) is 0 Å². The number of rotatable bonds is 0. The molecule has 0 saturated carbocycles. The SMILES string of the molecule is CN=C1CC(C)(C)N([O])C1(C)C. The van der Waals surface area contributed by atoms with Crippen LogP contribution in [0.1, 0.15) is 34.1 Å². The molecule has 0 bridgehead atoms. The van der Waals surface area contributed by atoms with Crippen LogP contribution in [0.5, 0.6) is 0 Å². The van der Waals surface area contributed by atoms with Crippen molar-refractivity contribution in [1.29, 1.82) is 0 Å². The van der Waals surface area contributed by atoms with Crippen molar-refractivity contribution in [2.24, 2.45) is 4.99 Å². The van der Waals surface area contributed by atoms with Crippen LogP contribution in [0, 0.1) is 0 Å². The van der Waals surface area contributed by atoms with Crippen molar-refractivity contribution in [3.05, 3.63) is 0 Å². The fourth-order valence-electron chi connectivity index (χ4n) is 1.92. The summed E-state index contributed by atoms with van der Waals surface area (Å²) < 4.78 is 0. The van der Waals surface area contributed by atoms with Gasteiger partial charge >= 0.3 is 0 Å². The Morgan fingerprint density at radius 2 is 1.83 bits per heavy atom. The first-order chi connectivity index (χ1) is 5.32.